The first-order valence-electron chi connectivity index (χ1n) is 10.3. The van der Waals surface area contributed by atoms with Crippen molar-refractivity contribution in [1.29, 1.82) is 0 Å². The molecule has 0 saturated carbocycles. The maximum atomic E-state index is 5.37. The third-order valence-electron chi connectivity index (χ3n) is 6.19. The zero-order valence-corrected chi connectivity index (χ0v) is 16.7. The Kier molecular flexibility index (Phi) is 5.91. The number of benzene rings is 1. The molecule has 0 radical (unpaired) electrons. The lowest BCUT2D eigenvalue weighted by molar-refractivity contribution is 0.0325. The molecule has 3 heterocycles. The van der Waals surface area contributed by atoms with E-state index in [-0.39, 0.29) is 0 Å². The van der Waals surface area contributed by atoms with Crippen molar-refractivity contribution in [1.82, 2.24) is 19.9 Å². The van der Waals surface area contributed by atoms with Crippen LogP contribution in [0.3, 0.4) is 0 Å². The van der Waals surface area contributed by atoms with Gasteiger partial charge >= 0.3 is 0 Å². The Balaban J connectivity index is 1.24. The van der Waals surface area contributed by atoms with Crippen LogP contribution in [0.25, 0.3) is 0 Å². The van der Waals surface area contributed by atoms with Crippen LogP contribution in [-0.4, -0.2) is 64.7 Å². The molecule has 27 heavy (non-hydrogen) atoms. The molecule has 0 aliphatic carbocycles. The highest BCUT2D eigenvalue weighted by atomic mass is 16.5. The standard InChI is InChI=1S/C22H32N4O/c1-18-14-22(27-23-18)17-24-10-12-25(13-11-24)21-8-9-26(19(2)15-21)16-20-6-4-3-5-7-20/h3-7,14,19,21H,8-13,15-17H2,1-2H3/t19-,21+/m1/s1. The highest BCUT2D eigenvalue weighted by Crippen LogP contribution is 2.24. The maximum absolute atomic E-state index is 5.37. The van der Waals surface area contributed by atoms with Crippen LogP contribution >= 0.6 is 0 Å². The number of nitrogens with zero attached hydrogens (tertiary/aromatic N) is 4. The lowest BCUT2D eigenvalue weighted by Gasteiger charge is -2.45. The third kappa shape index (κ3) is 4.78. The van der Waals surface area contributed by atoms with Crippen molar-refractivity contribution in [3.63, 3.8) is 0 Å². The van der Waals surface area contributed by atoms with Gasteiger partial charge in [-0.3, -0.25) is 14.7 Å². The van der Waals surface area contributed by atoms with Crippen molar-refractivity contribution >= 4 is 0 Å². The molecule has 2 aliphatic rings. The normalized spacial score (nSPS) is 25.7. The second-order valence-electron chi connectivity index (χ2n) is 8.23. The summed E-state index contributed by atoms with van der Waals surface area (Å²) in [5, 5.41) is 4.00. The van der Waals surface area contributed by atoms with Gasteiger partial charge in [0.1, 0.15) is 0 Å². The Hall–Kier alpha value is -1.69. The summed E-state index contributed by atoms with van der Waals surface area (Å²) < 4.78 is 5.37. The lowest BCUT2D eigenvalue weighted by atomic mass is 9.95. The molecule has 2 aromatic rings. The van der Waals surface area contributed by atoms with Gasteiger partial charge in [-0.05, 0) is 32.3 Å². The molecular formula is C22H32N4O. The molecule has 2 atom stereocenters. The first-order valence-corrected chi connectivity index (χ1v) is 10.3. The first kappa shape index (κ1) is 18.7. The van der Waals surface area contributed by atoms with E-state index in [0.29, 0.717) is 6.04 Å². The number of likely N-dealkylation sites (tertiary alicyclic amines) is 1. The summed E-state index contributed by atoms with van der Waals surface area (Å²) in [6.07, 6.45) is 2.58. The van der Waals surface area contributed by atoms with E-state index in [4.69, 9.17) is 4.52 Å². The Morgan fingerprint density at radius 2 is 1.81 bits per heavy atom. The largest absolute Gasteiger partial charge is 0.360 e. The first-order chi connectivity index (χ1) is 13.2. The molecule has 146 valence electrons. The molecule has 0 amide bonds. The second kappa shape index (κ2) is 8.55. The predicted octanol–water partition coefficient (Wildman–Crippen LogP) is 3.15. The summed E-state index contributed by atoms with van der Waals surface area (Å²) in [5.41, 5.74) is 2.40. The van der Waals surface area contributed by atoms with Gasteiger partial charge in [0, 0.05) is 57.4 Å². The fraction of sp³-hybridized carbons (Fsp3) is 0.591. The number of aromatic nitrogens is 1. The van der Waals surface area contributed by atoms with E-state index >= 15 is 0 Å². The van der Waals surface area contributed by atoms with Crippen molar-refractivity contribution in [3.05, 3.63) is 53.4 Å². The summed E-state index contributed by atoms with van der Waals surface area (Å²) in [4.78, 5) is 7.86. The monoisotopic (exact) mass is 368 g/mol. The molecule has 1 aromatic carbocycles. The topological polar surface area (TPSA) is 35.8 Å². The SMILES string of the molecule is Cc1cc(CN2CCN([C@H]3CCN(Cc4ccccc4)[C@H](C)C3)CC2)on1. The van der Waals surface area contributed by atoms with E-state index in [0.717, 1.165) is 43.7 Å². The van der Waals surface area contributed by atoms with E-state index in [1.807, 2.05) is 6.92 Å². The molecule has 0 bridgehead atoms. The summed E-state index contributed by atoms with van der Waals surface area (Å²) in [5.74, 6) is 0.990. The number of hydrogen-bond acceptors (Lipinski definition) is 5. The molecule has 0 unspecified atom stereocenters. The van der Waals surface area contributed by atoms with Gasteiger partial charge in [-0.15, -0.1) is 0 Å². The van der Waals surface area contributed by atoms with Gasteiger partial charge < -0.3 is 4.52 Å². The van der Waals surface area contributed by atoms with Gasteiger partial charge in [0.05, 0.1) is 12.2 Å². The molecule has 4 rings (SSSR count). The van der Waals surface area contributed by atoms with Crippen molar-refractivity contribution in [3.8, 4) is 0 Å². The van der Waals surface area contributed by atoms with Gasteiger partial charge in [0.25, 0.3) is 0 Å². The van der Waals surface area contributed by atoms with E-state index in [2.05, 4.69) is 63.2 Å². The average molecular weight is 369 g/mol. The number of piperidine rings is 1. The summed E-state index contributed by atoms with van der Waals surface area (Å²) >= 11 is 0. The molecule has 0 N–H and O–H groups in total. The van der Waals surface area contributed by atoms with Gasteiger partial charge in [-0.2, -0.15) is 0 Å². The summed E-state index contributed by atoms with van der Waals surface area (Å²) in [6, 6.07) is 14.3. The minimum absolute atomic E-state index is 0.652. The van der Waals surface area contributed by atoms with Gasteiger partial charge in [0.15, 0.2) is 5.76 Å². The highest BCUT2D eigenvalue weighted by Gasteiger charge is 2.31. The number of aryl methyl sites for hydroxylation is 1. The van der Waals surface area contributed by atoms with Crippen molar-refractivity contribution in [2.75, 3.05) is 32.7 Å². The van der Waals surface area contributed by atoms with E-state index in [1.54, 1.807) is 0 Å². The van der Waals surface area contributed by atoms with E-state index < -0.39 is 0 Å². The van der Waals surface area contributed by atoms with Crippen LogP contribution < -0.4 is 0 Å². The fourth-order valence-corrected chi connectivity index (χ4v) is 4.58. The van der Waals surface area contributed by atoms with Crippen LogP contribution in [0.15, 0.2) is 40.9 Å². The van der Waals surface area contributed by atoms with Crippen molar-refractivity contribution in [2.45, 2.75) is 51.9 Å². The number of piperazine rings is 1. The molecule has 2 fully saturated rings. The van der Waals surface area contributed by atoms with Gasteiger partial charge in [0.2, 0.25) is 0 Å². The summed E-state index contributed by atoms with van der Waals surface area (Å²) in [6.45, 7) is 12.1. The average Bonchev–Trinajstić information content (AvgIpc) is 3.09. The van der Waals surface area contributed by atoms with Gasteiger partial charge in [-0.1, -0.05) is 35.5 Å². The van der Waals surface area contributed by atoms with Crippen molar-refractivity contribution < 1.29 is 4.52 Å². The Labute approximate surface area is 162 Å². The van der Waals surface area contributed by atoms with Crippen LogP contribution in [0.1, 0.15) is 36.8 Å². The number of rotatable bonds is 5. The smallest absolute Gasteiger partial charge is 0.150 e. The Bertz CT molecular complexity index is 708. The highest BCUT2D eigenvalue weighted by molar-refractivity contribution is 5.14. The van der Waals surface area contributed by atoms with Crippen molar-refractivity contribution in [2.24, 2.45) is 0 Å². The predicted molar refractivity (Wildman–Crippen MR) is 107 cm³/mol. The van der Waals surface area contributed by atoms with E-state index in [9.17, 15) is 0 Å². The Morgan fingerprint density at radius 3 is 2.48 bits per heavy atom. The molecule has 5 nitrogen and oxygen atoms in total. The molecule has 1 aromatic heterocycles. The quantitative estimate of drug-likeness (QED) is 0.810. The van der Waals surface area contributed by atoms with Crippen LogP contribution in [0, 0.1) is 6.92 Å². The molecular weight excluding hydrogens is 336 g/mol. The number of hydrogen-bond donors (Lipinski definition) is 0. The third-order valence-corrected chi connectivity index (χ3v) is 6.19. The minimum Gasteiger partial charge on any atom is -0.360 e. The lowest BCUT2D eigenvalue weighted by Crippen LogP contribution is -2.54. The second-order valence-corrected chi connectivity index (χ2v) is 8.23. The molecule has 5 heteroatoms. The van der Waals surface area contributed by atoms with E-state index in [1.165, 1.54) is 38.0 Å². The Morgan fingerprint density at radius 1 is 1.04 bits per heavy atom. The van der Waals surface area contributed by atoms with Crippen LogP contribution in [0.4, 0.5) is 0 Å². The summed E-state index contributed by atoms with van der Waals surface area (Å²) in [7, 11) is 0. The van der Waals surface area contributed by atoms with Gasteiger partial charge in [-0.25, -0.2) is 0 Å². The van der Waals surface area contributed by atoms with Crippen LogP contribution in [-0.2, 0) is 13.1 Å². The minimum atomic E-state index is 0.652. The zero-order valence-electron chi connectivity index (χ0n) is 16.7. The molecule has 0 spiro atoms. The molecule has 2 saturated heterocycles. The maximum Gasteiger partial charge on any atom is 0.150 e. The zero-order chi connectivity index (χ0) is 18.6. The van der Waals surface area contributed by atoms with Crippen LogP contribution in [0.2, 0.25) is 0 Å². The fourth-order valence-electron chi connectivity index (χ4n) is 4.58. The molecule has 2 aliphatic heterocycles. The van der Waals surface area contributed by atoms with Crippen LogP contribution in [0.5, 0.6) is 0 Å².